The molecule has 0 radical (unpaired) electrons. The van der Waals surface area contributed by atoms with Crippen LogP contribution in [0.25, 0.3) is 32.6 Å². The maximum atomic E-state index is 6.53. The number of rotatable bonds is 4. The summed E-state index contributed by atoms with van der Waals surface area (Å²) in [6, 6.07) is 25.7. The Bertz CT molecular complexity index is 2130. The first-order valence-corrected chi connectivity index (χ1v) is 15.9. The Balaban J connectivity index is 1.18. The van der Waals surface area contributed by atoms with Crippen molar-refractivity contribution in [1.82, 2.24) is 19.4 Å². The molecule has 0 saturated heterocycles. The minimum atomic E-state index is -0.0596. The molecular formula is C37H35N5OS. The van der Waals surface area contributed by atoms with Gasteiger partial charge in [0.1, 0.15) is 11.5 Å². The lowest BCUT2D eigenvalue weighted by atomic mass is 9.84. The summed E-state index contributed by atoms with van der Waals surface area (Å²) in [5.74, 6) is 1.47. The number of nitrogens with zero attached hydrogens (tertiary/aromatic N) is 5. The van der Waals surface area contributed by atoms with Gasteiger partial charge in [-0.05, 0) is 29.2 Å². The lowest BCUT2D eigenvalue weighted by molar-refractivity contribution is 0.385. The molecule has 0 N–H and O–H groups in total. The number of likely N-dealkylation sites (N-methyl/N-ethyl adjacent to an activating group) is 1. The lowest BCUT2D eigenvalue weighted by Crippen LogP contribution is -2.31. The van der Waals surface area contributed by atoms with E-state index in [9.17, 15) is 0 Å². The highest BCUT2D eigenvalue weighted by Crippen LogP contribution is 2.52. The topological polar surface area (TPSA) is 46.4 Å². The van der Waals surface area contributed by atoms with Crippen molar-refractivity contribution < 1.29 is 4.74 Å². The monoisotopic (exact) mass is 597 g/mol. The Kier molecular flexibility index (Phi) is 5.78. The number of pyridine rings is 1. The second-order valence-electron chi connectivity index (χ2n) is 13.4. The molecule has 2 aliphatic rings. The molecule has 8 rings (SSSR count). The lowest BCUT2D eigenvalue weighted by Gasteiger charge is -2.30. The third kappa shape index (κ3) is 3.99. The molecule has 0 unspecified atom stereocenters. The smallest absolute Gasteiger partial charge is 0.194 e. The highest BCUT2D eigenvalue weighted by molar-refractivity contribution is 7.14. The van der Waals surface area contributed by atoms with Gasteiger partial charge < -0.3 is 14.5 Å². The van der Waals surface area contributed by atoms with Gasteiger partial charge in [0, 0.05) is 57.7 Å². The Morgan fingerprint density at radius 1 is 0.841 bits per heavy atom. The minimum Gasteiger partial charge on any atom is -0.456 e. The molecule has 0 atom stereocenters. The van der Waals surface area contributed by atoms with Crippen LogP contribution < -0.4 is 9.64 Å². The van der Waals surface area contributed by atoms with Gasteiger partial charge in [-0.1, -0.05) is 77.1 Å². The van der Waals surface area contributed by atoms with Crippen molar-refractivity contribution in [2.75, 3.05) is 18.6 Å². The zero-order chi connectivity index (χ0) is 30.4. The van der Waals surface area contributed by atoms with Gasteiger partial charge in [0.15, 0.2) is 5.13 Å². The standard InChI is InChI=1S/C37H35N5OS/c1-36(2,3)32-21-39-35(44-32)42-30-14-10-8-11-26(30)27-16-15-24(18-31(27)42)43-25-17-23(19-38-20-25)41-22-40(6)34-33(41)28-12-7-9-13-29(28)37(34,4)5/h7-21H,22H2,1-6H3. The molecule has 0 spiro atoms. The number of para-hydroxylation sites is 1. The van der Waals surface area contributed by atoms with Gasteiger partial charge in [0.2, 0.25) is 0 Å². The van der Waals surface area contributed by atoms with Crippen LogP contribution >= 0.6 is 11.3 Å². The van der Waals surface area contributed by atoms with Crippen LogP contribution in [-0.2, 0) is 10.8 Å². The van der Waals surface area contributed by atoms with Gasteiger partial charge in [0.05, 0.1) is 41.5 Å². The van der Waals surface area contributed by atoms with Crippen LogP contribution in [0, 0.1) is 0 Å². The van der Waals surface area contributed by atoms with E-state index in [2.05, 4.69) is 128 Å². The van der Waals surface area contributed by atoms with Crippen LogP contribution in [0.1, 0.15) is 50.6 Å². The first-order valence-electron chi connectivity index (χ1n) is 15.1. The predicted octanol–water partition coefficient (Wildman–Crippen LogP) is 9.09. The summed E-state index contributed by atoms with van der Waals surface area (Å²) in [5, 5.41) is 3.34. The Labute approximate surface area is 261 Å². The van der Waals surface area contributed by atoms with Crippen LogP contribution in [0.4, 0.5) is 5.69 Å². The summed E-state index contributed by atoms with van der Waals surface area (Å²) < 4.78 is 8.80. The van der Waals surface area contributed by atoms with Gasteiger partial charge in [-0.25, -0.2) is 4.98 Å². The number of aromatic nitrogens is 3. The fourth-order valence-corrected chi connectivity index (χ4v) is 7.96. The summed E-state index contributed by atoms with van der Waals surface area (Å²) in [7, 11) is 2.18. The van der Waals surface area contributed by atoms with Crippen molar-refractivity contribution in [3.63, 3.8) is 0 Å². The molecule has 0 fully saturated rings. The average Bonchev–Trinajstić information content (AvgIpc) is 3.75. The van der Waals surface area contributed by atoms with Gasteiger partial charge in [-0.2, -0.15) is 0 Å². The normalized spacial score (nSPS) is 15.9. The third-order valence-corrected chi connectivity index (χ3v) is 10.4. The second-order valence-corrected chi connectivity index (χ2v) is 14.4. The van der Waals surface area contributed by atoms with Crippen LogP contribution in [-0.4, -0.2) is 33.2 Å². The van der Waals surface area contributed by atoms with E-state index in [4.69, 9.17) is 9.72 Å². The van der Waals surface area contributed by atoms with E-state index in [0.717, 1.165) is 34.3 Å². The molecule has 1 aliphatic carbocycles. The molecule has 6 nitrogen and oxygen atoms in total. The second kappa shape index (κ2) is 9.44. The van der Waals surface area contributed by atoms with Crippen molar-refractivity contribution in [3.8, 4) is 16.6 Å². The molecular weight excluding hydrogens is 563 g/mol. The molecule has 3 aromatic heterocycles. The number of benzene rings is 3. The number of thiazole rings is 1. The van der Waals surface area contributed by atoms with Crippen molar-refractivity contribution in [3.05, 3.63) is 113 Å². The van der Waals surface area contributed by atoms with Crippen LogP contribution in [0.15, 0.2) is 97.1 Å². The number of allylic oxidation sites excluding steroid dienone is 1. The number of hydrogen-bond acceptors (Lipinski definition) is 6. The first kappa shape index (κ1) is 27.0. The third-order valence-electron chi connectivity index (χ3n) is 8.99. The summed E-state index contributed by atoms with van der Waals surface area (Å²) >= 11 is 1.74. The summed E-state index contributed by atoms with van der Waals surface area (Å²) in [4.78, 5) is 15.5. The molecule has 7 heteroatoms. The molecule has 220 valence electrons. The van der Waals surface area contributed by atoms with E-state index in [1.54, 1.807) is 17.5 Å². The molecule has 0 amide bonds. The maximum absolute atomic E-state index is 6.53. The van der Waals surface area contributed by atoms with Crippen LogP contribution in [0.2, 0.25) is 0 Å². The Hall–Kier alpha value is -4.62. The van der Waals surface area contributed by atoms with Gasteiger partial charge >= 0.3 is 0 Å². The molecule has 0 bridgehead atoms. The fourth-order valence-electron chi connectivity index (χ4n) is 6.96. The van der Waals surface area contributed by atoms with Gasteiger partial charge in [0.25, 0.3) is 0 Å². The molecule has 1 aliphatic heterocycles. The summed E-state index contributed by atoms with van der Waals surface area (Å²) in [6.45, 7) is 12.1. The average molecular weight is 598 g/mol. The van der Waals surface area contributed by atoms with Crippen molar-refractivity contribution in [1.29, 1.82) is 0 Å². The zero-order valence-corrected chi connectivity index (χ0v) is 26.7. The Morgan fingerprint density at radius 3 is 2.43 bits per heavy atom. The molecule has 3 aromatic carbocycles. The maximum Gasteiger partial charge on any atom is 0.194 e. The van der Waals surface area contributed by atoms with Crippen molar-refractivity contribution >= 4 is 44.5 Å². The largest absolute Gasteiger partial charge is 0.456 e. The Morgan fingerprint density at radius 2 is 1.61 bits per heavy atom. The zero-order valence-electron chi connectivity index (χ0n) is 25.9. The minimum absolute atomic E-state index is 0.0399. The SMILES string of the molecule is CN1CN(c2cncc(Oc3ccc4c5ccccc5n(-c5ncc(C(C)(C)C)s5)c4c3)c2)C2=C1C(C)(C)c1ccccc12. The first-order chi connectivity index (χ1) is 21.1. The van der Waals surface area contributed by atoms with E-state index in [1.807, 2.05) is 18.5 Å². The quantitative estimate of drug-likeness (QED) is 0.203. The van der Waals surface area contributed by atoms with Crippen molar-refractivity contribution in [2.24, 2.45) is 0 Å². The predicted molar refractivity (Wildman–Crippen MR) is 181 cm³/mol. The van der Waals surface area contributed by atoms with Gasteiger partial charge in [-0.3, -0.25) is 9.55 Å². The number of ether oxygens (including phenoxy) is 1. The highest BCUT2D eigenvalue weighted by atomic mass is 32.1. The molecule has 44 heavy (non-hydrogen) atoms. The number of anilines is 1. The van der Waals surface area contributed by atoms with E-state index in [0.29, 0.717) is 5.75 Å². The number of hydrogen-bond donors (Lipinski definition) is 0. The molecule has 6 aromatic rings. The summed E-state index contributed by atoms with van der Waals surface area (Å²) in [5.41, 5.74) is 8.46. The van der Waals surface area contributed by atoms with Gasteiger partial charge in [-0.15, -0.1) is 11.3 Å². The number of fused-ring (bicyclic) bond motifs is 5. The van der Waals surface area contributed by atoms with Crippen molar-refractivity contribution in [2.45, 2.75) is 45.4 Å². The van der Waals surface area contributed by atoms with Crippen LogP contribution in [0.5, 0.6) is 11.5 Å². The fraction of sp³-hybridized carbons (Fsp3) is 0.243. The van der Waals surface area contributed by atoms with E-state index in [1.165, 1.54) is 38.2 Å². The molecule has 4 heterocycles. The van der Waals surface area contributed by atoms with E-state index in [-0.39, 0.29) is 10.8 Å². The van der Waals surface area contributed by atoms with E-state index >= 15 is 0 Å². The van der Waals surface area contributed by atoms with E-state index < -0.39 is 0 Å². The highest BCUT2D eigenvalue weighted by Gasteiger charge is 2.45. The van der Waals surface area contributed by atoms with Crippen LogP contribution in [0.3, 0.4) is 0 Å². The summed E-state index contributed by atoms with van der Waals surface area (Å²) in [6.07, 6.45) is 5.74. The molecule has 0 saturated carbocycles.